The Kier molecular flexibility index (Phi) is 4.46. The van der Waals surface area contributed by atoms with Crippen molar-refractivity contribution in [3.05, 3.63) is 54.9 Å². The van der Waals surface area contributed by atoms with Gasteiger partial charge in [0.25, 0.3) is 5.91 Å². The van der Waals surface area contributed by atoms with E-state index in [0.717, 1.165) is 5.56 Å². The molecule has 1 unspecified atom stereocenters. The van der Waals surface area contributed by atoms with E-state index in [-0.39, 0.29) is 5.91 Å². The first-order valence-electron chi connectivity index (χ1n) is 7.33. The van der Waals surface area contributed by atoms with Crippen LogP contribution in [0.5, 0.6) is 5.75 Å². The summed E-state index contributed by atoms with van der Waals surface area (Å²) in [6, 6.07) is 9.13. The SMILES string of the molecule is Cc1cccc(OC(C)C(=O)Nc2cc(-n3cncn3)ncn2)c1. The van der Waals surface area contributed by atoms with E-state index in [1.807, 2.05) is 31.2 Å². The minimum atomic E-state index is -0.670. The second-order valence-electron chi connectivity index (χ2n) is 5.17. The maximum atomic E-state index is 12.3. The molecule has 122 valence electrons. The molecule has 8 nitrogen and oxygen atoms in total. The number of hydrogen-bond donors (Lipinski definition) is 1. The summed E-state index contributed by atoms with van der Waals surface area (Å²) < 4.78 is 7.12. The molecule has 0 saturated heterocycles. The summed E-state index contributed by atoms with van der Waals surface area (Å²) in [5.74, 6) is 1.20. The third-order valence-electron chi connectivity index (χ3n) is 3.23. The van der Waals surface area contributed by atoms with Crippen molar-refractivity contribution in [2.24, 2.45) is 0 Å². The Balaban J connectivity index is 1.67. The van der Waals surface area contributed by atoms with E-state index < -0.39 is 6.10 Å². The molecule has 3 aromatic rings. The van der Waals surface area contributed by atoms with Crippen LogP contribution in [0.1, 0.15) is 12.5 Å². The number of amides is 1. The number of nitrogens with zero attached hydrogens (tertiary/aromatic N) is 5. The van der Waals surface area contributed by atoms with Crippen LogP contribution in [0.3, 0.4) is 0 Å². The third-order valence-corrected chi connectivity index (χ3v) is 3.23. The highest BCUT2D eigenvalue weighted by molar-refractivity contribution is 5.93. The molecule has 0 aliphatic heterocycles. The standard InChI is InChI=1S/C16H16N6O2/c1-11-4-3-5-13(6-11)24-12(2)16(23)21-14-7-15(19-9-18-14)22-10-17-8-20-22/h3-10,12H,1-2H3,(H,18,19,21,23). The van der Waals surface area contributed by atoms with E-state index in [9.17, 15) is 4.79 Å². The predicted molar refractivity (Wildman–Crippen MR) is 86.8 cm³/mol. The number of hydrogen-bond acceptors (Lipinski definition) is 6. The van der Waals surface area contributed by atoms with E-state index in [4.69, 9.17) is 4.74 Å². The highest BCUT2D eigenvalue weighted by Crippen LogP contribution is 2.15. The van der Waals surface area contributed by atoms with E-state index in [2.05, 4.69) is 25.4 Å². The van der Waals surface area contributed by atoms with Crippen molar-refractivity contribution >= 4 is 11.7 Å². The van der Waals surface area contributed by atoms with Gasteiger partial charge in [-0.25, -0.2) is 19.6 Å². The molecule has 24 heavy (non-hydrogen) atoms. The first kappa shape index (κ1) is 15.6. The summed E-state index contributed by atoms with van der Waals surface area (Å²) >= 11 is 0. The lowest BCUT2D eigenvalue weighted by Gasteiger charge is -2.14. The highest BCUT2D eigenvalue weighted by atomic mass is 16.5. The Morgan fingerprint density at radius 2 is 2.12 bits per heavy atom. The van der Waals surface area contributed by atoms with Gasteiger partial charge >= 0.3 is 0 Å². The average Bonchev–Trinajstić information content (AvgIpc) is 3.09. The minimum Gasteiger partial charge on any atom is -0.481 e. The van der Waals surface area contributed by atoms with Crippen LogP contribution >= 0.6 is 0 Å². The van der Waals surface area contributed by atoms with Crippen LogP contribution < -0.4 is 10.1 Å². The zero-order valence-corrected chi connectivity index (χ0v) is 13.2. The van der Waals surface area contributed by atoms with Gasteiger partial charge in [0.1, 0.15) is 30.5 Å². The Bertz CT molecular complexity index is 834. The van der Waals surface area contributed by atoms with Crippen molar-refractivity contribution in [3.63, 3.8) is 0 Å². The van der Waals surface area contributed by atoms with Crippen molar-refractivity contribution in [1.82, 2.24) is 24.7 Å². The number of carbonyl (C=O) groups excluding carboxylic acids is 1. The second kappa shape index (κ2) is 6.86. The van der Waals surface area contributed by atoms with Gasteiger partial charge in [-0.1, -0.05) is 12.1 Å². The molecule has 8 heteroatoms. The molecule has 0 aliphatic carbocycles. The Labute approximate surface area is 138 Å². The lowest BCUT2D eigenvalue weighted by atomic mass is 10.2. The molecular formula is C16H16N6O2. The maximum Gasteiger partial charge on any atom is 0.266 e. The van der Waals surface area contributed by atoms with Crippen LogP contribution in [-0.2, 0) is 4.79 Å². The smallest absolute Gasteiger partial charge is 0.266 e. The van der Waals surface area contributed by atoms with Gasteiger partial charge in [0.05, 0.1) is 0 Å². The molecule has 1 aromatic carbocycles. The summed E-state index contributed by atoms with van der Waals surface area (Å²) in [5.41, 5.74) is 1.06. The second-order valence-corrected chi connectivity index (χ2v) is 5.17. The average molecular weight is 324 g/mol. The fourth-order valence-electron chi connectivity index (χ4n) is 2.04. The van der Waals surface area contributed by atoms with Gasteiger partial charge in [0, 0.05) is 6.07 Å². The number of carbonyl (C=O) groups is 1. The largest absolute Gasteiger partial charge is 0.481 e. The zero-order valence-electron chi connectivity index (χ0n) is 13.2. The molecule has 0 fully saturated rings. The molecule has 2 heterocycles. The van der Waals surface area contributed by atoms with Gasteiger partial charge in [0.15, 0.2) is 11.9 Å². The van der Waals surface area contributed by atoms with Crippen LogP contribution in [0.25, 0.3) is 5.82 Å². The fraction of sp³-hybridized carbons (Fsp3) is 0.188. The van der Waals surface area contributed by atoms with Crippen LogP contribution in [0.2, 0.25) is 0 Å². The number of anilines is 1. The number of ether oxygens (including phenoxy) is 1. The minimum absolute atomic E-state index is 0.306. The number of nitrogens with one attached hydrogen (secondary N) is 1. The van der Waals surface area contributed by atoms with Gasteiger partial charge in [-0.15, -0.1) is 0 Å². The first-order valence-corrected chi connectivity index (χ1v) is 7.33. The van der Waals surface area contributed by atoms with Crippen LogP contribution in [-0.4, -0.2) is 36.7 Å². The van der Waals surface area contributed by atoms with Crippen molar-refractivity contribution in [2.45, 2.75) is 20.0 Å². The lowest BCUT2D eigenvalue weighted by Crippen LogP contribution is -2.30. The van der Waals surface area contributed by atoms with Gasteiger partial charge in [0.2, 0.25) is 0 Å². The monoisotopic (exact) mass is 324 g/mol. The number of rotatable bonds is 5. The number of benzene rings is 1. The first-order chi connectivity index (χ1) is 11.6. The van der Waals surface area contributed by atoms with E-state index in [1.165, 1.54) is 23.7 Å². The molecule has 0 spiro atoms. The number of aryl methyl sites for hydroxylation is 1. The van der Waals surface area contributed by atoms with Gasteiger partial charge in [-0.3, -0.25) is 4.79 Å². The third kappa shape index (κ3) is 3.72. The molecule has 0 saturated carbocycles. The molecule has 1 amide bonds. The lowest BCUT2D eigenvalue weighted by molar-refractivity contribution is -0.122. The summed E-state index contributed by atoms with van der Waals surface area (Å²) in [7, 11) is 0. The molecule has 2 aromatic heterocycles. The van der Waals surface area contributed by atoms with Crippen LogP contribution in [0.4, 0.5) is 5.82 Å². The molecule has 0 bridgehead atoms. The highest BCUT2D eigenvalue weighted by Gasteiger charge is 2.16. The van der Waals surface area contributed by atoms with Crippen LogP contribution in [0.15, 0.2) is 49.3 Å². The van der Waals surface area contributed by atoms with Crippen LogP contribution in [0, 0.1) is 6.92 Å². The molecule has 0 radical (unpaired) electrons. The maximum absolute atomic E-state index is 12.3. The van der Waals surface area contributed by atoms with E-state index >= 15 is 0 Å². The molecule has 3 rings (SSSR count). The number of aromatic nitrogens is 5. The van der Waals surface area contributed by atoms with E-state index in [1.54, 1.807) is 13.0 Å². The molecular weight excluding hydrogens is 308 g/mol. The Morgan fingerprint density at radius 1 is 1.25 bits per heavy atom. The summed E-state index contributed by atoms with van der Waals surface area (Å²) in [6.45, 7) is 3.64. The molecule has 1 atom stereocenters. The zero-order chi connectivity index (χ0) is 16.9. The van der Waals surface area contributed by atoms with Crippen molar-refractivity contribution in [1.29, 1.82) is 0 Å². The van der Waals surface area contributed by atoms with Gasteiger partial charge < -0.3 is 10.1 Å². The summed E-state index contributed by atoms with van der Waals surface area (Å²) in [5, 5.41) is 6.69. The van der Waals surface area contributed by atoms with E-state index in [0.29, 0.717) is 17.4 Å². The topological polar surface area (TPSA) is 94.8 Å². The van der Waals surface area contributed by atoms with Crippen molar-refractivity contribution in [3.8, 4) is 11.6 Å². The summed E-state index contributed by atoms with van der Waals surface area (Å²) in [4.78, 5) is 24.2. The van der Waals surface area contributed by atoms with Crippen molar-refractivity contribution < 1.29 is 9.53 Å². The predicted octanol–water partition coefficient (Wildman–Crippen LogP) is 1.77. The Morgan fingerprint density at radius 3 is 2.88 bits per heavy atom. The summed E-state index contributed by atoms with van der Waals surface area (Å²) in [6.07, 6.45) is 3.59. The molecule has 0 aliphatic rings. The normalized spacial score (nSPS) is 11.8. The Hall–Kier alpha value is -3.29. The van der Waals surface area contributed by atoms with Gasteiger partial charge in [-0.2, -0.15) is 5.10 Å². The fourth-order valence-corrected chi connectivity index (χ4v) is 2.04. The van der Waals surface area contributed by atoms with Crippen molar-refractivity contribution in [2.75, 3.05) is 5.32 Å². The quantitative estimate of drug-likeness (QED) is 0.768. The molecule has 1 N–H and O–H groups in total. The van der Waals surface area contributed by atoms with Gasteiger partial charge in [-0.05, 0) is 31.5 Å².